The van der Waals surface area contributed by atoms with Gasteiger partial charge in [0.25, 0.3) is 0 Å². The average Bonchev–Trinajstić information content (AvgIpc) is 2.64. The Labute approximate surface area is 84.4 Å². The lowest BCUT2D eigenvalue weighted by Crippen LogP contribution is -2.11. The molecule has 70 valence electrons. The zero-order valence-electron chi connectivity index (χ0n) is 7.09. The fourth-order valence-corrected chi connectivity index (χ4v) is 2.19. The molecule has 1 aromatic heterocycles. The van der Waals surface area contributed by atoms with Gasteiger partial charge in [0.15, 0.2) is 0 Å². The van der Waals surface area contributed by atoms with Crippen LogP contribution in [0.3, 0.4) is 0 Å². The molecule has 0 amide bonds. The van der Waals surface area contributed by atoms with Crippen LogP contribution >= 0.6 is 15.9 Å². The summed E-state index contributed by atoms with van der Waals surface area (Å²) in [5.41, 5.74) is 0.856. The lowest BCUT2D eigenvalue weighted by molar-refractivity contribution is 0.645. The molecule has 3 nitrogen and oxygen atoms in total. The Morgan fingerprint density at radius 1 is 1.62 bits per heavy atom. The molecule has 0 aromatic carbocycles. The van der Waals surface area contributed by atoms with Crippen molar-refractivity contribution in [2.75, 3.05) is 0 Å². The van der Waals surface area contributed by atoms with Gasteiger partial charge in [-0.15, -0.1) is 0 Å². The van der Waals surface area contributed by atoms with Crippen molar-refractivity contribution in [2.45, 2.75) is 17.7 Å². The van der Waals surface area contributed by atoms with Crippen molar-refractivity contribution in [3.05, 3.63) is 34.5 Å². The molecule has 0 aliphatic heterocycles. The van der Waals surface area contributed by atoms with Crippen LogP contribution in [0.2, 0.25) is 0 Å². The summed E-state index contributed by atoms with van der Waals surface area (Å²) in [6.07, 6.45) is 8.10. The molecule has 4 heteroatoms. The number of aromatic nitrogens is 2. The van der Waals surface area contributed by atoms with E-state index in [0.29, 0.717) is 10.7 Å². The van der Waals surface area contributed by atoms with E-state index in [4.69, 9.17) is 0 Å². The van der Waals surface area contributed by atoms with E-state index in [0.717, 1.165) is 18.5 Å². The number of hydrogen-bond donors (Lipinski definition) is 2. The number of halogens is 1. The van der Waals surface area contributed by atoms with Gasteiger partial charge in [0, 0.05) is 16.7 Å². The van der Waals surface area contributed by atoms with Gasteiger partial charge in [0.05, 0.1) is 0 Å². The van der Waals surface area contributed by atoms with Crippen LogP contribution in [0.15, 0.2) is 23.1 Å². The number of nitrogens with one attached hydrogen (secondary N) is 2. The van der Waals surface area contributed by atoms with Crippen molar-refractivity contribution in [1.29, 1.82) is 0 Å². The number of aromatic amines is 2. The van der Waals surface area contributed by atoms with Gasteiger partial charge in [-0.2, -0.15) is 0 Å². The monoisotopic (exact) mass is 242 g/mol. The van der Waals surface area contributed by atoms with E-state index in [-0.39, 0.29) is 5.69 Å². The highest BCUT2D eigenvalue weighted by atomic mass is 79.9. The summed E-state index contributed by atoms with van der Waals surface area (Å²) in [6.45, 7) is 0. The topological polar surface area (TPSA) is 48.6 Å². The first-order chi connectivity index (χ1) is 6.25. The van der Waals surface area contributed by atoms with E-state index in [1.807, 2.05) is 0 Å². The molecule has 0 saturated heterocycles. The molecule has 13 heavy (non-hydrogen) atoms. The number of allylic oxidation sites excluding steroid dienone is 2. The molecule has 2 atom stereocenters. The normalized spacial score (nSPS) is 26.8. The lowest BCUT2D eigenvalue weighted by Gasteiger charge is -2.10. The average molecular weight is 243 g/mol. The van der Waals surface area contributed by atoms with E-state index in [9.17, 15) is 4.79 Å². The smallest absolute Gasteiger partial charge is 0.313 e. The minimum atomic E-state index is -0.122. The maximum absolute atomic E-state index is 10.8. The molecule has 0 radical (unpaired) electrons. The first kappa shape index (κ1) is 8.81. The quantitative estimate of drug-likeness (QED) is 0.601. The molecule has 2 unspecified atom stereocenters. The van der Waals surface area contributed by atoms with Crippen molar-refractivity contribution in [3.8, 4) is 0 Å². The first-order valence-corrected chi connectivity index (χ1v) is 5.24. The summed E-state index contributed by atoms with van der Waals surface area (Å²) < 4.78 is 0. The number of imidazole rings is 1. The van der Waals surface area contributed by atoms with Crippen LogP contribution in [0.4, 0.5) is 0 Å². The molecule has 0 spiro atoms. The second-order valence-corrected chi connectivity index (χ2v) is 4.49. The number of rotatable bonds is 2. The zero-order valence-corrected chi connectivity index (χ0v) is 8.67. The Morgan fingerprint density at radius 3 is 3.00 bits per heavy atom. The Kier molecular flexibility index (Phi) is 2.40. The summed E-state index contributed by atoms with van der Waals surface area (Å²) >= 11 is 3.60. The third-order valence-corrected chi connectivity index (χ3v) is 3.37. The number of hydrogen-bond acceptors (Lipinski definition) is 1. The first-order valence-electron chi connectivity index (χ1n) is 4.33. The molecule has 1 aromatic rings. The molecule has 1 aliphatic carbocycles. The highest BCUT2D eigenvalue weighted by molar-refractivity contribution is 9.09. The molecular formula is C9H11BrN2O. The van der Waals surface area contributed by atoms with Crippen molar-refractivity contribution in [1.82, 2.24) is 9.97 Å². The fourth-order valence-electron chi connectivity index (χ4n) is 1.61. The molecular weight excluding hydrogens is 232 g/mol. The van der Waals surface area contributed by atoms with Crippen LogP contribution < -0.4 is 5.69 Å². The van der Waals surface area contributed by atoms with Crippen LogP contribution in [0.5, 0.6) is 0 Å². The van der Waals surface area contributed by atoms with Crippen LogP contribution in [-0.2, 0) is 6.42 Å². The molecule has 2 rings (SSSR count). The number of H-pyrrole nitrogens is 2. The molecule has 1 heterocycles. The van der Waals surface area contributed by atoms with E-state index in [1.165, 1.54) is 0 Å². The van der Waals surface area contributed by atoms with Gasteiger partial charge >= 0.3 is 5.69 Å². The largest absolute Gasteiger partial charge is 0.323 e. The van der Waals surface area contributed by atoms with Crippen molar-refractivity contribution < 1.29 is 0 Å². The molecule has 0 fully saturated rings. The van der Waals surface area contributed by atoms with Crippen LogP contribution in [0.1, 0.15) is 12.1 Å². The van der Waals surface area contributed by atoms with Gasteiger partial charge in [-0.1, -0.05) is 28.1 Å². The highest BCUT2D eigenvalue weighted by Gasteiger charge is 2.20. The van der Waals surface area contributed by atoms with Gasteiger partial charge in [-0.25, -0.2) is 4.79 Å². The minimum Gasteiger partial charge on any atom is -0.313 e. The second kappa shape index (κ2) is 3.54. The third kappa shape index (κ3) is 1.94. The Bertz CT molecular complexity index is 366. The zero-order chi connectivity index (χ0) is 9.26. The highest BCUT2D eigenvalue weighted by Crippen LogP contribution is 2.27. The lowest BCUT2D eigenvalue weighted by atomic mass is 10.0. The maximum Gasteiger partial charge on any atom is 0.323 e. The standard InChI is InChI=1S/C9H11BrN2O/c10-8-3-1-2-6(8)4-7-5-11-9(13)12-7/h1-2,5-6,8H,3-4H2,(H2,11,12,13). The van der Waals surface area contributed by atoms with Gasteiger partial charge in [0.1, 0.15) is 0 Å². The Morgan fingerprint density at radius 2 is 2.46 bits per heavy atom. The van der Waals surface area contributed by atoms with Gasteiger partial charge in [-0.3, -0.25) is 0 Å². The van der Waals surface area contributed by atoms with Crippen LogP contribution in [0, 0.1) is 5.92 Å². The predicted molar refractivity (Wildman–Crippen MR) is 55.1 cm³/mol. The maximum atomic E-state index is 10.8. The Hall–Kier alpha value is -0.770. The van der Waals surface area contributed by atoms with E-state index in [2.05, 4.69) is 38.0 Å². The van der Waals surface area contributed by atoms with Gasteiger partial charge in [-0.05, 0) is 18.8 Å². The Balaban J connectivity index is 2.05. The molecule has 2 N–H and O–H groups in total. The summed E-state index contributed by atoms with van der Waals surface area (Å²) in [5, 5.41) is 0. The number of alkyl halides is 1. The molecule has 0 bridgehead atoms. The van der Waals surface area contributed by atoms with Crippen LogP contribution in [-0.4, -0.2) is 14.8 Å². The summed E-state index contributed by atoms with van der Waals surface area (Å²) in [4.78, 5) is 16.7. The van der Waals surface area contributed by atoms with E-state index in [1.54, 1.807) is 6.20 Å². The minimum absolute atomic E-state index is 0.122. The van der Waals surface area contributed by atoms with Gasteiger partial charge < -0.3 is 9.97 Å². The van der Waals surface area contributed by atoms with Crippen molar-refractivity contribution >= 4 is 15.9 Å². The van der Waals surface area contributed by atoms with Crippen LogP contribution in [0.25, 0.3) is 0 Å². The SMILES string of the molecule is O=c1[nH]cc(CC2C=CCC2Br)[nH]1. The molecule has 1 aliphatic rings. The summed E-state index contributed by atoms with van der Waals surface area (Å²) in [5.74, 6) is 0.506. The fraction of sp³-hybridized carbons (Fsp3) is 0.444. The van der Waals surface area contributed by atoms with Gasteiger partial charge in [0.2, 0.25) is 0 Å². The summed E-state index contributed by atoms with van der Waals surface area (Å²) in [6, 6.07) is 0. The predicted octanol–water partition coefficient (Wildman–Crippen LogP) is 1.59. The summed E-state index contributed by atoms with van der Waals surface area (Å²) in [7, 11) is 0. The second-order valence-electron chi connectivity index (χ2n) is 3.32. The van der Waals surface area contributed by atoms with Crippen molar-refractivity contribution in [2.24, 2.45) is 5.92 Å². The van der Waals surface area contributed by atoms with Crippen molar-refractivity contribution in [3.63, 3.8) is 0 Å². The third-order valence-electron chi connectivity index (χ3n) is 2.32. The van der Waals surface area contributed by atoms with E-state index < -0.39 is 0 Å². The molecule has 0 saturated carbocycles. The van der Waals surface area contributed by atoms with E-state index >= 15 is 0 Å².